The number of rotatable bonds is 7. The van der Waals surface area contributed by atoms with E-state index in [0.29, 0.717) is 6.61 Å². The van der Waals surface area contributed by atoms with E-state index in [-0.39, 0.29) is 11.9 Å². The second-order valence-electron chi connectivity index (χ2n) is 7.99. The first kappa shape index (κ1) is 20.9. The molecule has 1 saturated heterocycles. The molecule has 5 heteroatoms. The smallest absolute Gasteiger partial charge is 0.282 e. The molecule has 0 unspecified atom stereocenters. The van der Waals surface area contributed by atoms with E-state index < -0.39 is 0 Å². The van der Waals surface area contributed by atoms with E-state index in [9.17, 15) is 4.79 Å². The Labute approximate surface area is 184 Å². The summed E-state index contributed by atoms with van der Waals surface area (Å²) < 4.78 is 5.82. The molecule has 4 rings (SSSR count). The Balaban J connectivity index is 1.25. The van der Waals surface area contributed by atoms with Gasteiger partial charge in [-0.05, 0) is 48.9 Å². The van der Waals surface area contributed by atoms with Crippen LogP contribution >= 0.6 is 0 Å². The second kappa shape index (κ2) is 10.1. The fourth-order valence-electron chi connectivity index (χ4n) is 3.94. The normalized spacial score (nSPS) is 15.3. The molecule has 0 radical (unpaired) electrons. The fourth-order valence-corrected chi connectivity index (χ4v) is 3.94. The molecule has 1 atom stereocenters. The molecule has 31 heavy (non-hydrogen) atoms. The number of carbonyl (C=O) groups excluding carboxylic acids is 1. The molecule has 3 aromatic carbocycles. The van der Waals surface area contributed by atoms with Crippen LogP contribution < -0.4 is 19.9 Å². The van der Waals surface area contributed by atoms with Crippen LogP contribution in [0.2, 0.25) is 0 Å². The van der Waals surface area contributed by atoms with E-state index in [1.807, 2.05) is 67.6 Å². The Bertz CT molecular complexity index is 953. The molecular weight excluding hydrogens is 386 g/mol. The highest BCUT2D eigenvalue weighted by Gasteiger charge is 2.29. The van der Waals surface area contributed by atoms with Gasteiger partial charge in [0.15, 0.2) is 6.04 Å². The number of quaternary nitrogens is 1. The van der Waals surface area contributed by atoms with Gasteiger partial charge in [-0.15, -0.1) is 0 Å². The summed E-state index contributed by atoms with van der Waals surface area (Å²) in [5, 5.41) is 3.05. The molecule has 3 aromatic rings. The van der Waals surface area contributed by atoms with Crippen LogP contribution in [0.25, 0.3) is 0 Å². The summed E-state index contributed by atoms with van der Waals surface area (Å²) >= 11 is 0. The maximum Gasteiger partial charge on any atom is 0.282 e. The van der Waals surface area contributed by atoms with Crippen molar-refractivity contribution in [1.82, 2.24) is 0 Å². The standard InChI is InChI=1S/C26H29N3O2/c1-21(28-16-18-29(19-17-28)24-10-6-3-7-11-24)26(30)27-23-12-14-25(15-13-23)31-20-22-8-4-2-5-9-22/h2-15,21H,16-20H2,1H3,(H,27,30)/p+1/t21-/m0/s1. The number of hydrogen-bond donors (Lipinski definition) is 2. The number of piperazine rings is 1. The third-order valence-corrected chi connectivity index (χ3v) is 5.90. The van der Waals surface area contributed by atoms with Crippen molar-refractivity contribution in [2.24, 2.45) is 0 Å². The number of hydrogen-bond acceptors (Lipinski definition) is 3. The van der Waals surface area contributed by atoms with E-state index in [4.69, 9.17) is 4.74 Å². The number of benzene rings is 3. The van der Waals surface area contributed by atoms with Crippen LogP contribution in [-0.2, 0) is 11.4 Å². The summed E-state index contributed by atoms with van der Waals surface area (Å²) in [7, 11) is 0. The zero-order valence-corrected chi connectivity index (χ0v) is 18.0. The van der Waals surface area contributed by atoms with E-state index in [0.717, 1.165) is 43.2 Å². The molecule has 0 bridgehead atoms. The molecule has 1 aliphatic rings. The number of nitrogens with zero attached hydrogens (tertiary/aromatic N) is 1. The Morgan fingerprint density at radius 1 is 0.935 bits per heavy atom. The highest BCUT2D eigenvalue weighted by molar-refractivity contribution is 5.93. The van der Waals surface area contributed by atoms with Crippen LogP contribution in [0.1, 0.15) is 12.5 Å². The van der Waals surface area contributed by atoms with Crippen molar-refractivity contribution in [3.63, 3.8) is 0 Å². The van der Waals surface area contributed by atoms with Gasteiger partial charge in [-0.3, -0.25) is 4.79 Å². The quantitative estimate of drug-likeness (QED) is 0.623. The average molecular weight is 417 g/mol. The lowest BCUT2D eigenvalue weighted by Crippen LogP contribution is -3.19. The summed E-state index contributed by atoms with van der Waals surface area (Å²) in [4.78, 5) is 16.5. The molecule has 1 heterocycles. The van der Waals surface area contributed by atoms with Crippen molar-refractivity contribution in [2.45, 2.75) is 19.6 Å². The molecule has 0 spiro atoms. The molecule has 0 saturated carbocycles. The highest BCUT2D eigenvalue weighted by Crippen LogP contribution is 2.17. The molecule has 1 amide bonds. The summed E-state index contributed by atoms with van der Waals surface area (Å²) in [6.45, 7) is 6.38. The summed E-state index contributed by atoms with van der Waals surface area (Å²) in [6.07, 6.45) is 0. The largest absolute Gasteiger partial charge is 0.489 e. The maximum atomic E-state index is 12.8. The van der Waals surface area contributed by atoms with Crippen LogP contribution in [0.15, 0.2) is 84.9 Å². The Morgan fingerprint density at radius 3 is 2.19 bits per heavy atom. The van der Waals surface area contributed by atoms with Gasteiger partial charge in [0.25, 0.3) is 5.91 Å². The fraction of sp³-hybridized carbons (Fsp3) is 0.269. The second-order valence-corrected chi connectivity index (χ2v) is 7.99. The highest BCUT2D eigenvalue weighted by atomic mass is 16.5. The van der Waals surface area contributed by atoms with Gasteiger partial charge in [-0.2, -0.15) is 0 Å². The predicted molar refractivity (Wildman–Crippen MR) is 125 cm³/mol. The monoisotopic (exact) mass is 416 g/mol. The van der Waals surface area contributed by atoms with Gasteiger partial charge in [-0.25, -0.2) is 0 Å². The first-order valence-electron chi connectivity index (χ1n) is 10.9. The lowest BCUT2D eigenvalue weighted by atomic mass is 10.2. The number of para-hydroxylation sites is 1. The lowest BCUT2D eigenvalue weighted by molar-refractivity contribution is -0.914. The van der Waals surface area contributed by atoms with Crippen molar-refractivity contribution in [3.8, 4) is 5.75 Å². The molecule has 1 aliphatic heterocycles. The predicted octanol–water partition coefficient (Wildman–Crippen LogP) is 3.00. The van der Waals surface area contributed by atoms with Gasteiger partial charge in [0.05, 0.1) is 26.2 Å². The van der Waals surface area contributed by atoms with E-state index in [1.165, 1.54) is 10.6 Å². The number of ether oxygens (including phenoxy) is 1. The average Bonchev–Trinajstić information content (AvgIpc) is 2.84. The summed E-state index contributed by atoms with van der Waals surface area (Å²) in [5.74, 6) is 0.846. The van der Waals surface area contributed by atoms with E-state index in [2.05, 4.69) is 34.5 Å². The van der Waals surface area contributed by atoms with Gasteiger partial charge >= 0.3 is 0 Å². The van der Waals surface area contributed by atoms with Crippen LogP contribution in [-0.4, -0.2) is 38.1 Å². The Morgan fingerprint density at radius 2 is 1.55 bits per heavy atom. The van der Waals surface area contributed by atoms with E-state index >= 15 is 0 Å². The zero-order chi connectivity index (χ0) is 21.5. The molecule has 1 fully saturated rings. The minimum absolute atomic E-state index is 0.0566. The van der Waals surface area contributed by atoms with Crippen molar-refractivity contribution >= 4 is 17.3 Å². The van der Waals surface area contributed by atoms with Crippen molar-refractivity contribution < 1.29 is 14.4 Å². The number of carbonyl (C=O) groups is 1. The van der Waals surface area contributed by atoms with Gasteiger partial charge in [0.2, 0.25) is 0 Å². The number of anilines is 2. The molecule has 0 aromatic heterocycles. The molecule has 160 valence electrons. The van der Waals surface area contributed by atoms with E-state index in [1.54, 1.807) is 0 Å². The minimum Gasteiger partial charge on any atom is -0.489 e. The molecule has 5 nitrogen and oxygen atoms in total. The Kier molecular flexibility index (Phi) is 6.85. The molecule has 2 N–H and O–H groups in total. The van der Waals surface area contributed by atoms with Crippen LogP contribution in [0.4, 0.5) is 11.4 Å². The number of amides is 1. The molecule has 0 aliphatic carbocycles. The summed E-state index contributed by atoms with van der Waals surface area (Å²) in [5.41, 5.74) is 3.18. The van der Waals surface area contributed by atoms with Gasteiger partial charge in [-0.1, -0.05) is 48.5 Å². The van der Waals surface area contributed by atoms with Crippen LogP contribution in [0, 0.1) is 0 Å². The first-order valence-corrected chi connectivity index (χ1v) is 10.9. The Hall–Kier alpha value is -3.31. The first-order chi connectivity index (χ1) is 15.2. The van der Waals surface area contributed by atoms with Crippen LogP contribution in [0.3, 0.4) is 0 Å². The number of nitrogens with one attached hydrogen (secondary N) is 2. The summed E-state index contributed by atoms with van der Waals surface area (Å²) in [6, 6.07) is 28.1. The van der Waals surface area contributed by atoms with Gasteiger partial charge in [0, 0.05) is 11.4 Å². The maximum absolute atomic E-state index is 12.8. The van der Waals surface area contributed by atoms with Crippen molar-refractivity contribution in [1.29, 1.82) is 0 Å². The third-order valence-electron chi connectivity index (χ3n) is 5.90. The lowest BCUT2D eigenvalue weighted by Gasteiger charge is -2.36. The van der Waals surface area contributed by atoms with Gasteiger partial charge < -0.3 is 19.9 Å². The van der Waals surface area contributed by atoms with Crippen molar-refractivity contribution in [2.75, 3.05) is 36.4 Å². The topological polar surface area (TPSA) is 46.0 Å². The SMILES string of the molecule is C[C@@H](C(=O)Nc1ccc(OCc2ccccc2)cc1)[NH+]1CCN(c2ccccc2)CC1. The minimum atomic E-state index is -0.0908. The van der Waals surface area contributed by atoms with Gasteiger partial charge in [0.1, 0.15) is 12.4 Å². The molecular formula is C26H30N3O2+. The third kappa shape index (κ3) is 5.64. The zero-order valence-electron chi connectivity index (χ0n) is 18.0. The van der Waals surface area contributed by atoms with Crippen LogP contribution in [0.5, 0.6) is 5.75 Å². The van der Waals surface area contributed by atoms with Crippen molar-refractivity contribution in [3.05, 3.63) is 90.5 Å².